The highest BCUT2D eigenvalue weighted by atomic mass is 79.9. The molecule has 0 saturated carbocycles. The average Bonchev–Trinajstić information content (AvgIpc) is 2.40. The molecule has 2 rings (SSSR count). The summed E-state index contributed by atoms with van der Waals surface area (Å²) in [5, 5.41) is -0.928. The summed E-state index contributed by atoms with van der Waals surface area (Å²) in [6.07, 6.45) is 0. The van der Waals surface area contributed by atoms with E-state index in [1.807, 2.05) is 0 Å². The molecular weight excluding hydrogens is 357 g/mol. The Kier molecular flexibility index (Phi) is 4.60. The minimum Gasteiger partial charge on any atom is -0.496 e. The molecule has 106 valence electrons. The molecule has 1 nitrogen and oxygen atoms in total. The van der Waals surface area contributed by atoms with Crippen LogP contribution in [-0.2, 0) is 0 Å². The first-order valence-electron chi connectivity index (χ1n) is 5.56. The Hall–Kier alpha value is -1.20. The molecule has 0 spiro atoms. The molecule has 0 bridgehead atoms. The van der Waals surface area contributed by atoms with Crippen molar-refractivity contribution in [1.82, 2.24) is 0 Å². The Morgan fingerprint density at radius 2 is 1.75 bits per heavy atom. The molecule has 0 aliphatic carbocycles. The molecule has 1 unspecified atom stereocenters. The molecule has 0 radical (unpaired) electrons. The molecule has 6 heteroatoms. The molecule has 2 aromatic rings. The van der Waals surface area contributed by atoms with Gasteiger partial charge in [-0.05, 0) is 28.1 Å². The zero-order valence-electron chi connectivity index (χ0n) is 10.3. The standard InChI is InChI=1S/C14H9BrClF3O/c1-20-13-6-12(19)10(15)5-9(13)14(16)8-3-2-7(17)4-11(8)18/h2-6,14H,1H3. The molecule has 0 aromatic heterocycles. The van der Waals surface area contributed by atoms with E-state index in [0.717, 1.165) is 18.2 Å². The lowest BCUT2D eigenvalue weighted by Gasteiger charge is -2.16. The zero-order valence-corrected chi connectivity index (χ0v) is 12.6. The second-order valence-electron chi connectivity index (χ2n) is 4.04. The van der Waals surface area contributed by atoms with Gasteiger partial charge in [-0.3, -0.25) is 0 Å². The summed E-state index contributed by atoms with van der Waals surface area (Å²) in [7, 11) is 1.36. The van der Waals surface area contributed by atoms with Gasteiger partial charge in [0.1, 0.15) is 23.2 Å². The van der Waals surface area contributed by atoms with Crippen molar-refractivity contribution in [2.75, 3.05) is 7.11 Å². The van der Waals surface area contributed by atoms with E-state index in [2.05, 4.69) is 15.9 Å². The summed E-state index contributed by atoms with van der Waals surface area (Å²) >= 11 is 9.25. The second kappa shape index (κ2) is 6.06. The lowest BCUT2D eigenvalue weighted by Crippen LogP contribution is -2.01. The summed E-state index contributed by atoms with van der Waals surface area (Å²) < 4.78 is 45.3. The van der Waals surface area contributed by atoms with E-state index in [1.54, 1.807) is 0 Å². The first-order valence-corrected chi connectivity index (χ1v) is 6.79. The van der Waals surface area contributed by atoms with Crippen LogP contribution in [0.1, 0.15) is 16.5 Å². The molecule has 2 aromatic carbocycles. The topological polar surface area (TPSA) is 9.23 Å². The first kappa shape index (κ1) is 15.2. The van der Waals surface area contributed by atoms with Crippen molar-refractivity contribution in [2.24, 2.45) is 0 Å². The van der Waals surface area contributed by atoms with Gasteiger partial charge in [-0.1, -0.05) is 6.07 Å². The Labute approximate surface area is 127 Å². The van der Waals surface area contributed by atoms with E-state index in [0.29, 0.717) is 5.56 Å². The van der Waals surface area contributed by atoms with E-state index in [1.165, 1.54) is 19.2 Å². The van der Waals surface area contributed by atoms with E-state index < -0.39 is 22.8 Å². The molecule has 0 amide bonds. The maximum absolute atomic E-state index is 13.8. The third-order valence-electron chi connectivity index (χ3n) is 2.78. The molecule has 0 N–H and O–H groups in total. The highest BCUT2D eigenvalue weighted by molar-refractivity contribution is 9.10. The Morgan fingerprint density at radius 3 is 2.35 bits per heavy atom. The molecule has 0 fully saturated rings. The highest BCUT2D eigenvalue weighted by Gasteiger charge is 2.21. The maximum Gasteiger partial charge on any atom is 0.141 e. The second-order valence-corrected chi connectivity index (χ2v) is 5.33. The SMILES string of the molecule is COc1cc(F)c(Br)cc1C(Cl)c1ccc(F)cc1F. The van der Waals surface area contributed by atoms with Crippen molar-refractivity contribution in [3.8, 4) is 5.75 Å². The number of rotatable bonds is 3. The van der Waals surface area contributed by atoms with Crippen molar-refractivity contribution < 1.29 is 17.9 Å². The fraction of sp³-hybridized carbons (Fsp3) is 0.143. The van der Waals surface area contributed by atoms with Gasteiger partial charge in [-0.2, -0.15) is 0 Å². The molecule has 0 heterocycles. The molecular formula is C14H9BrClF3O. The predicted octanol–water partition coefficient (Wildman–Crippen LogP) is 5.20. The normalized spacial score (nSPS) is 12.3. The lowest BCUT2D eigenvalue weighted by molar-refractivity contribution is 0.406. The number of methoxy groups -OCH3 is 1. The zero-order chi connectivity index (χ0) is 14.9. The van der Waals surface area contributed by atoms with Crippen LogP contribution >= 0.6 is 27.5 Å². The van der Waals surface area contributed by atoms with Crippen molar-refractivity contribution in [1.29, 1.82) is 0 Å². The third kappa shape index (κ3) is 2.94. The quantitative estimate of drug-likeness (QED) is 0.679. The highest BCUT2D eigenvalue weighted by Crippen LogP contribution is 2.38. The van der Waals surface area contributed by atoms with Crippen LogP contribution in [0.5, 0.6) is 5.75 Å². The summed E-state index contributed by atoms with van der Waals surface area (Å²) in [6, 6.07) is 5.67. The number of hydrogen-bond acceptors (Lipinski definition) is 1. The monoisotopic (exact) mass is 364 g/mol. The van der Waals surface area contributed by atoms with Crippen LogP contribution in [0.3, 0.4) is 0 Å². The van der Waals surface area contributed by atoms with Gasteiger partial charge < -0.3 is 4.74 Å². The van der Waals surface area contributed by atoms with Crippen LogP contribution < -0.4 is 4.74 Å². The van der Waals surface area contributed by atoms with Gasteiger partial charge in [0.25, 0.3) is 0 Å². The largest absolute Gasteiger partial charge is 0.496 e. The molecule has 1 atom stereocenters. The van der Waals surface area contributed by atoms with Crippen molar-refractivity contribution in [3.63, 3.8) is 0 Å². The summed E-state index contributed by atoms with van der Waals surface area (Å²) in [5.74, 6) is -1.79. The lowest BCUT2D eigenvalue weighted by atomic mass is 10.0. The molecule has 20 heavy (non-hydrogen) atoms. The van der Waals surface area contributed by atoms with Gasteiger partial charge in [0.15, 0.2) is 0 Å². The number of hydrogen-bond donors (Lipinski definition) is 0. The molecule has 0 aliphatic heterocycles. The van der Waals surface area contributed by atoms with Crippen LogP contribution in [0.4, 0.5) is 13.2 Å². The number of ether oxygens (including phenoxy) is 1. The molecule has 0 saturated heterocycles. The summed E-state index contributed by atoms with van der Waals surface area (Å²) in [4.78, 5) is 0. The Balaban J connectivity index is 2.52. The van der Waals surface area contributed by atoms with E-state index >= 15 is 0 Å². The fourth-order valence-electron chi connectivity index (χ4n) is 1.79. The van der Waals surface area contributed by atoms with Gasteiger partial charge >= 0.3 is 0 Å². The minimum atomic E-state index is -0.928. The van der Waals surface area contributed by atoms with Gasteiger partial charge in [0, 0.05) is 23.3 Å². The maximum atomic E-state index is 13.8. The van der Waals surface area contributed by atoms with Crippen LogP contribution in [-0.4, -0.2) is 7.11 Å². The smallest absolute Gasteiger partial charge is 0.141 e. The van der Waals surface area contributed by atoms with E-state index in [9.17, 15) is 13.2 Å². The van der Waals surface area contributed by atoms with Crippen LogP contribution in [0.15, 0.2) is 34.8 Å². The number of benzene rings is 2. The van der Waals surface area contributed by atoms with Crippen LogP contribution in [0.25, 0.3) is 0 Å². The van der Waals surface area contributed by atoms with Crippen molar-refractivity contribution >= 4 is 27.5 Å². The van der Waals surface area contributed by atoms with Crippen molar-refractivity contribution in [3.05, 3.63) is 63.4 Å². The third-order valence-corrected chi connectivity index (χ3v) is 3.86. The van der Waals surface area contributed by atoms with E-state index in [4.69, 9.17) is 16.3 Å². The van der Waals surface area contributed by atoms with Gasteiger partial charge in [-0.15, -0.1) is 11.6 Å². The van der Waals surface area contributed by atoms with Gasteiger partial charge in [-0.25, -0.2) is 13.2 Å². The van der Waals surface area contributed by atoms with Gasteiger partial charge in [0.05, 0.1) is 17.0 Å². The minimum absolute atomic E-state index is 0.0878. The van der Waals surface area contributed by atoms with Gasteiger partial charge in [0.2, 0.25) is 0 Å². The molecule has 0 aliphatic rings. The number of halogens is 5. The summed E-state index contributed by atoms with van der Waals surface area (Å²) in [6.45, 7) is 0. The van der Waals surface area contributed by atoms with E-state index in [-0.39, 0.29) is 15.8 Å². The Morgan fingerprint density at radius 1 is 1.05 bits per heavy atom. The predicted molar refractivity (Wildman–Crippen MR) is 74.7 cm³/mol. The first-order chi connectivity index (χ1) is 9.43. The van der Waals surface area contributed by atoms with Crippen LogP contribution in [0, 0.1) is 17.5 Å². The average molecular weight is 366 g/mol. The number of alkyl halides is 1. The van der Waals surface area contributed by atoms with Crippen molar-refractivity contribution in [2.45, 2.75) is 5.38 Å². The Bertz CT molecular complexity index is 649. The fourth-order valence-corrected chi connectivity index (χ4v) is 2.50. The summed E-state index contributed by atoms with van der Waals surface area (Å²) in [5.41, 5.74) is 0.470. The van der Waals surface area contributed by atoms with Crippen LogP contribution in [0.2, 0.25) is 0 Å².